The number of nitrogens with one attached hydrogen (secondary N) is 2. The first-order valence-electron chi connectivity index (χ1n) is 7.23. The second-order valence-electron chi connectivity index (χ2n) is 5.33. The van der Waals surface area contributed by atoms with Crippen molar-refractivity contribution in [3.05, 3.63) is 11.4 Å². The van der Waals surface area contributed by atoms with Crippen molar-refractivity contribution in [3.8, 4) is 0 Å². The van der Waals surface area contributed by atoms with Crippen molar-refractivity contribution in [1.82, 2.24) is 10.2 Å². The monoisotopic (exact) mass is 295 g/mol. The summed E-state index contributed by atoms with van der Waals surface area (Å²) >= 11 is 0. The van der Waals surface area contributed by atoms with Crippen LogP contribution in [0.3, 0.4) is 0 Å². The standard InChI is InChI=1S/C14H25N5O2/c1-5-7-14(8-6-2,12(15)19-21)13(20)16-11-9(3)17-18-10(11)4/h21H,5-8H2,1-4H3,(H2,15,19)(H,16,20)(H,17,18). The Balaban J connectivity index is 3.16. The zero-order valence-electron chi connectivity index (χ0n) is 13.2. The number of carbonyl (C=O) groups excluding carboxylic acids is 1. The fourth-order valence-electron chi connectivity index (χ4n) is 2.64. The lowest BCUT2D eigenvalue weighted by Gasteiger charge is -2.30. The van der Waals surface area contributed by atoms with Crippen molar-refractivity contribution in [2.24, 2.45) is 16.3 Å². The Morgan fingerprint density at radius 1 is 1.38 bits per heavy atom. The number of anilines is 1. The van der Waals surface area contributed by atoms with E-state index in [1.54, 1.807) is 0 Å². The van der Waals surface area contributed by atoms with E-state index in [1.807, 2.05) is 27.7 Å². The molecule has 0 spiro atoms. The minimum Gasteiger partial charge on any atom is -0.409 e. The molecule has 118 valence electrons. The first-order chi connectivity index (χ1) is 9.92. The van der Waals surface area contributed by atoms with Gasteiger partial charge in [-0.15, -0.1) is 0 Å². The first-order valence-corrected chi connectivity index (χ1v) is 7.23. The molecule has 1 aromatic heterocycles. The molecule has 0 aromatic carbocycles. The molecule has 7 heteroatoms. The number of hydrogen-bond donors (Lipinski definition) is 4. The van der Waals surface area contributed by atoms with Crippen molar-refractivity contribution < 1.29 is 10.0 Å². The van der Waals surface area contributed by atoms with Gasteiger partial charge in [0.25, 0.3) is 0 Å². The minimum atomic E-state index is -0.992. The van der Waals surface area contributed by atoms with E-state index in [9.17, 15) is 4.79 Å². The van der Waals surface area contributed by atoms with Crippen LogP contribution in [-0.2, 0) is 4.79 Å². The Morgan fingerprint density at radius 2 is 1.95 bits per heavy atom. The average Bonchev–Trinajstić information content (AvgIpc) is 2.77. The van der Waals surface area contributed by atoms with Crippen molar-refractivity contribution in [2.75, 3.05) is 5.32 Å². The minimum absolute atomic E-state index is 0.0394. The highest BCUT2D eigenvalue weighted by Gasteiger charge is 2.41. The van der Waals surface area contributed by atoms with Crippen LogP contribution in [0.4, 0.5) is 5.69 Å². The second kappa shape index (κ2) is 7.10. The molecule has 1 amide bonds. The van der Waals surface area contributed by atoms with Gasteiger partial charge >= 0.3 is 0 Å². The number of carbonyl (C=O) groups is 1. The van der Waals surface area contributed by atoms with Gasteiger partial charge in [-0.3, -0.25) is 9.89 Å². The van der Waals surface area contributed by atoms with E-state index in [1.165, 1.54) is 0 Å². The summed E-state index contributed by atoms with van der Waals surface area (Å²) in [6.45, 7) is 7.58. The summed E-state index contributed by atoms with van der Waals surface area (Å²) in [6, 6.07) is 0. The van der Waals surface area contributed by atoms with Crippen molar-refractivity contribution in [3.63, 3.8) is 0 Å². The lowest BCUT2D eigenvalue weighted by atomic mass is 9.77. The largest absolute Gasteiger partial charge is 0.409 e. The van der Waals surface area contributed by atoms with E-state index in [2.05, 4.69) is 20.7 Å². The van der Waals surface area contributed by atoms with Gasteiger partial charge < -0.3 is 16.3 Å². The van der Waals surface area contributed by atoms with Gasteiger partial charge in [0, 0.05) is 0 Å². The van der Waals surface area contributed by atoms with Gasteiger partial charge in [-0.2, -0.15) is 5.10 Å². The molecule has 0 bridgehead atoms. The Labute approximate surface area is 125 Å². The lowest BCUT2D eigenvalue weighted by Crippen LogP contribution is -2.47. The van der Waals surface area contributed by atoms with Gasteiger partial charge in [-0.1, -0.05) is 31.8 Å². The molecule has 0 radical (unpaired) electrons. The summed E-state index contributed by atoms with van der Waals surface area (Å²) < 4.78 is 0. The summed E-state index contributed by atoms with van der Waals surface area (Å²) in [4.78, 5) is 12.8. The molecule has 5 N–H and O–H groups in total. The molecule has 1 heterocycles. The highest BCUT2D eigenvalue weighted by atomic mass is 16.4. The molecule has 1 aromatic rings. The molecule has 0 aliphatic carbocycles. The number of aromatic amines is 1. The molecule has 0 saturated heterocycles. The predicted molar refractivity (Wildman–Crippen MR) is 82.3 cm³/mol. The van der Waals surface area contributed by atoms with E-state index in [0.717, 1.165) is 18.5 Å². The molecule has 0 unspecified atom stereocenters. The zero-order valence-corrected chi connectivity index (χ0v) is 13.2. The Kier molecular flexibility index (Phi) is 5.75. The summed E-state index contributed by atoms with van der Waals surface area (Å²) in [5.41, 5.74) is 7.00. The predicted octanol–water partition coefficient (Wildman–Crippen LogP) is 2.30. The highest BCUT2D eigenvalue weighted by Crippen LogP contribution is 2.33. The molecule has 0 aliphatic heterocycles. The number of nitrogens with two attached hydrogens (primary N) is 1. The highest BCUT2D eigenvalue weighted by molar-refractivity contribution is 6.12. The van der Waals surface area contributed by atoms with E-state index in [-0.39, 0.29) is 11.7 Å². The quantitative estimate of drug-likeness (QED) is 0.267. The van der Waals surface area contributed by atoms with Crippen LogP contribution in [0.25, 0.3) is 0 Å². The number of H-pyrrole nitrogens is 1. The maximum Gasteiger partial charge on any atom is 0.238 e. The number of oxime groups is 1. The van der Waals surface area contributed by atoms with Crippen LogP contribution < -0.4 is 11.1 Å². The fourth-order valence-corrected chi connectivity index (χ4v) is 2.64. The third-order valence-corrected chi connectivity index (χ3v) is 3.75. The summed E-state index contributed by atoms with van der Waals surface area (Å²) in [5, 5.41) is 21.9. The van der Waals surface area contributed by atoms with E-state index < -0.39 is 5.41 Å². The molecular weight excluding hydrogens is 270 g/mol. The molecular formula is C14H25N5O2. The third-order valence-electron chi connectivity index (χ3n) is 3.75. The van der Waals surface area contributed by atoms with Gasteiger partial charge in [0.15, 0.2) is 5.84 Å². The number of aromatic nitrogens is 2. The normalized spacial score (nSPS) is 12.5. The summed E-state index contributed by atoms with van der Waals surface area (Å²) in [7, 11) is 0. The number of aryl methyl sites for hydroxylation is 2. The Hall–Kier alpha value is -2.05. The number of nitrogens with zero attached hydrogens (tertiary/aromatic N) is 2. The van der Waals surface area contributed by atoms with Crippen LogP contribution in [0.2, 0.25) is 0 Å². The molecule has 0 atom stereocenters. The number of rotatable bonds is 7. The van der Waals surface area contributed by atoms with Crippen LogP contribution in [0.15, 0.2) is 5.16 Å². The van der Waals surface area contributed by atoms with Crippen LogP contribution in [0.5, 0.6) is 0 Å². The van der Waals surface area contributed by atoms with Gasteiger partial charge in [-0.25, -0.2) is 0 Å². The van der Waals surface area contributed by atoms with Crippen LogP contribution in [0, 0.1) is 19.3 Å². The van der Waals surface area contributed by atoms with E-state index >= 15 is 0 Å². The third kappa shape index (κ3) is 3.34. The molecule has 0 saturated carbocycles. The average molecular weight is 295 g/mol. The SMILES string of the molecule is CCCC(CCC)(C(=O)Nc1c(C)n[nH]c1C)C(N)=NO. The smallest absolute Gasteiger partial charge is 0.238 e. The topological polar surface area (TPSA) is 116 Å². The van der Waals surface area contributed by atoms with Crippen LogP contribution in [0.1, 0.15) is 50.9 Å². The fraction of sp³-hybridized carbons (Fsp3) is 0.643. The molecule has 21 heavy (non-hydrogen) atoms. The summed E-state index contributed by atoms with van der Waals surface area (Å²) in [6.07, 6.45) is 2.57. The van der Waals surface area contributed by atoms with Gasteiger partial charge in [0.05, 0.1) is 17.1 Å². The van der Waals surface area contributed by atoms with E-state index in [0.29, 0.717) is 24.2 Å². The van der Waals surface area contributed by atoms with Crippen LogP contribution >= 0.6 is 0 Å². The van der Waals surface area contributed by atoms with Crippen molar-refractivity contribution in [1.29, 1.82) is 0 Å². The van der Waals surface area contributed by atoms with Gasteiger partial charge in [0.1, 0.15) is 5.41 Å². The molecule has 0 aliphatic rings. The van der Waals surface area contributed by atoms with Gasteiger partial charge in [0.2, 0.25) is 5.91 Å². The number of amidine groups is 1. The summed E-state index contributed by atoms with van der Waals surface area (Å²) in [5.74, 6) is -0.295. The second-order valence-corrected chi connectivity index (χ2v) is 5.33. The maximum atomic E-state index is 12.8. The van der Waals surface area contributed by atoms with Crippen molar-refractivity contribution >= 4 is 17.4 Å². The Morgan fingerprint density at radius 3 is 2.33 bits per heavy atom. The Bertz CT molecular complexity index is 496. The molecule has 1 rings (SSSR count). The molecule has 7 nitrogen and oxygen atoms in total. The van der Waals surface area contributed by atoms with Crippen molar-refractivity contribution in [2.45, 2.75) is 53.4 Å². The maximum absolute atomic E-state index is 12.8. The number of amides is 1. The van der Waals surface area contributed by atoms with E-state index in [4.69, 9.17) is 10.9 Å². The zero-order chi connectivity index (χ0) is 16.0. The molecule has 0 fully saturated rings. The first kappa shape index (κ1) is 17.0. The van der Waals surface area contributed by atoms with Gasteiger partial charge in [-0.05, 0) is 26.7 Å². The van der Waals surface area contributed by atoms with Crippen LogP contribution in [-0.4, -0.2) is 27.1 Å². The lowest BCUT2D eigenvalue weighted by molar-refractivity contribution is -0.123. The number of hydrogen-bond acceptors (Lipinski definition) is 4.